The second-order valence-electron chi connectivity index (χ2n) is 2.88. The van der Waals surface area contributed by atoms with Gasteiger partial charge in [-0.1, -0.05) is 0 Å². The molecule has 100 valence electrons. The van der Waals surface area contributed by atoms with E-state index in [-0.39, 0.29) is 24.7 Å². The quantitative estimate of drug-likeness (QED) is 0.233. The van der Waals surface area contributed by atoms with Crippen LogP contribution in [0.3, 0.4) is 0 Å². The molecule has 0 rings (SSSR count). The molecule has 1 unspecified atom stereocenters. The van der Waals surface area contributed by atoms with E-state index < -0.39 is 23.0 Å². The van der Waals surface area contributed by atoms with Crippen LogP contribution in [-0.4, -0.2) is 57.9 Å². The van der Waals surface area contributed by atoms with Crippen LogP contribution in [0.1, 0.15) is 0 Å². The lowest BCUT2D eigenvalue weighted by Gasteiger charge is -2.23. The Balaban J connectivity index is 4.46. The smallest absolute Gasteiger partial charge is 0.368 e. The highest BCUT2D eigenvalue weighted by molar-refractivity contribution is 7.82. The minimum atomic E-state index is -3.04. The zero-order valence-corrected chi connectivity index (χ0v) is 11.5. The van der Waals surface area contributed by atoms with Crippen LogP contribution in [0.15, 0.2) is 0 Å². The number of carbonyl (C=O) groups is 2. The predicted octanol–water partition coefficient (Wildman–Crippen LogP) is -1.09. The third kappa shape index (κ3) is 5.38. The Bertz CT molecular complexity index is 270. The molecule has 0 aromatic rings. The Morgan fingerprint density at radius 3 is 2.06 bits per heavy atom. The van der Waals surface area contributed by atoms with Gasteiger partial charge in [0.2, 0.25) is 0 Å². The molecule has 1 atom stereocenters. The van der Waals surface area contributed by atoms with E-state index >= 15 is 0 Å². The lowest BCUT2D eigenvalue weighted by atomic mass is 10.2. The summed E-state index contributed by atoms with van der Waals surface area (Å²) in [6.45, 7) is -0.141. The molecule has 0 aliphatic carbocycles. The number of hydrogen-bond donors (Lipinski definition) is 5. The molecule has 17 heavy (non-hydrogen) atoms. The SMILES string of the molecule is O=C(OCCS)C(S)C(O)(O)C(=O)OCCS. The molecule has 0 spiro atoms. The molecule has 0 aromatic heterocycles. The van der Waals surface area contributed by atoms with Crippen molar-refractivity contribution < 1.29 is 29.3 Å². The van der Waals surface area contributed by atoms with Crippen LogP contribution >= 0.6 is 37.9 Å². The van der Waals surface area contributed by atoms with E-state index in [1.807, 2.05) is 0 Å². The number of thiol groups is 3. The van der Waals surface area contributed by atoms with Crippen molar-refractivity contribution in [3.63, 3.8) is 0 Å². The summed E-state index contributed by atoms with van der Waals surface area (Å²) in [6.07, 6.45) is 0. The van der Waals surface area contributed by atoms with Crippen LogP contribution in [0.4, 0.5) is 0 Å². The first-order valence-corrected chi connectivity index (χ1v) is 6.34. The molecule has 9 heteroatoms. The Labute approximate surface area is 115 Å². The highest BCUT2D eigenvalue weighted by Crippen LogP contribution is 2.16. The molecular formula is C8H14O6S3. The Morgan fingerprint density at radius 1 is 1.12 bits per heavy atom. The average molecular weight is 302 g/mol. The van der Waals surface area contributed by atoms with Crippen molar-refractivity contribution in [3.05, 3.63) is 0 Å². The van der Waals surface area contributed by atoms with Crippen molar-refractivity contribution in [1.29, 1.82) is 0 Å². The van der Waals surface area contributed by atoms with Crippen molar-refractivity contribution in [1.82, 2.24) is 0 Å². The van der Waals surface area contributed by atoms with Crippen molar-refractivity contribution in [2.24, 2.45) is 0 Å². The van der Waals surface area contributed by atoms with Crippen molar-refractivity contribution in [2.45, 2.75) is 11.0 Å². The first-order chi connectivity index (χ1) is 7.87. The first-order valence-electron chi connectivity index (χ1n) is 4.56. The molecule has 0 heterocycles. The molecule has 0 saturated heterocycles. The molecule has 0 aromatic carbocycles. The molecule has 0 amide bonds. The fourth-order valence-corrected chi connectivity index (χ4v) is 1.11. The summed E-state index contributed by atoms with van der Waals surface area (Å²) >= 11 is 11.2. The maximum absolute atomic E-state index is 11.3. The van der Waals surface area contributed by atoms with Crippen molar-refractivity contribution in [2.75, 3.05) is 24.7 Å². The van der Waals surface area contributed by atoms with Crippen LogP contribution < -0.4 is 0 Å². The largest absolute Gasteiger partial charge is 0.464 e. The predicted molar refractivity (Wildman–Crippen MR) is 69.6 cm³/mol. The van der Waals surface area contributed by atoms with Gasteiger partial charge in [0, 0.05) is 11.5 Å². The van der Waals surface area contributed by atoms with Crippen LogP contribution in [-0.2, 0) is 19.1 Å². The molecule has 0 radical (unpaired) electrons. The molecule has 0 saturated carbocycles. The normalized spacial score (nSPS) is 13.0. The van der Waals surface area contributed by atoms with Crippen LogP contribution in [0.5, 0.6) is 0 Å². The first kappa shape index (κ1) is 16.9. The topological polar surface area (TPSA) is 93.1 Å². The van der Waals surface area contributed by atoms with Gasteiger partial charge in [-0.2, -0.15) is 37.9 Å². The maximum atomic E-state index is 11.3. The molecule has 0 aliphatic heterocycles. The molecule has 0 fully saturated rings. The van der Waals surface area contributed by atoms with Gasteiger partial charge in [0.05, 0.1) is 0 Å². The maximum Gasteiger partial charge on any atom is 0.368 e. The number of hydrogen-bond acceptors (Lipinski definition) is 9. The second-order valence-corrected chi connectivity index (χ2v) is 4.29. The Kier molecular flexibility index (Phi) is 8.05. The highest BCUT2D eigenvalue weighted by atomic mass is 32.1. The van der Waals surface area contributed by atoms with Gasteiger partial charge < -0.3 is 19.7 Å². The van der Waals surface area contributed by atoms with Gasteiger partial charge in [0.1, 0.15) is 13.2 Å². The van der Waals surface area contributed by atoms with Gasteiger partial charge in [0.25, 0.3) is 5.79 Å². The van der Waals surface area contributed by atoms with Crippen LogP contribution in [0.25, 0.3) is 0 Å². The summed E-state index contributed by atoms with van der Waals surface area (Å²) in [5, 5.41) is 17.1. The summed E-state index contributed by atoms with van der Waals surface area (Å²) in [4.78, 5) is 22.5. The summed E-state index contributed by atoms with van der Waals surface area (Å²) in [5.41, 5.74) is 0. The zero-order chi connectivity index (χ0) is 13.5. The lowest BCUT2D eigenvalue weighted by Crippen LogP contribution is -2.52. The van der Waals surface area contributed by atoms with Gasteiger partial charge >= 0.3 is 11.9 Å². The van der Waals surface area contributed by atoms with E-state index in [2.05, 4.69) is 47.4 Å². The number of esters is 2. The van der Waals surface area contributed by atoms with Gasteiger partial charge in [-0.15, -0.1) is 0 Å². The molecular weight excluding hydrogens is 288 g/mol. The third-order valence-electron chi connectivity index (χ3n) is 1.57. The number of aliphatic hydroxyl groups is 2. The van der Waals surface area contributed by atoms with Gasteiger partial charge in [-0.3, -0.25) is 4.79 Å². The Morgan fingerprint density at radius 2 is 1.59 bits per heavy atom. The fourth-order valence-electron chi connectivity index (χ4n) is 0.746. The van der Waals surface area contributed by atoms with E-state index in [4.69, 9.17) is 0 Å². The lowest BCUT2D eigenvalue weighted by molar-refractivity contribution is -0.212. The van der Waals surface area contributed by atoms with Crippen molar-refractivity contribution in [3.8, 4) is 0 Å². The van der Waals surface area contributed by atoms with Crippen molar-refractivity contribution >= 4 is 49.8 Å². The van der Waals surface area contributed by atoms with Crippen LogP contribution in [0.2, 0.25) is 0 Å². The molecule has 0 bridgehead atoms. The van der Waals surface area contributed by atoms with E-state index in [9.17, 15) is 19.8 Å². The second kappa shape index (κ2) is 8.09. The zero-order valence-electron chi connectivity index (χ0n) is 8.77. The summed E-state index contributed by atoms with van der Waals surface area (Å²) in [5.74, 6) is -4.99. The number of carbonyl (C=O) groups excluding carboxylic acids is 2. The average Bonchev–Trinajstić information content (AvgIpc) is 2.31. The van der Waals surface area contributed by atoms with E-state index in [1.165, 1.54) is 0 Å². The highest BCUT2D eigenvalue weighted by Gasteiger charge is 2.47. The minimum Gasteiger partial charge on any atom is -0.464 e. The van der Waals surface area contributed by atoms with Gasteiger partial charge in [-0.05, 0) is 0 Å². The molecule has 6 nitrogen and oxygen atoms in total. The molecule has 2 N–H and O–H groups in total. The fraction of sp³-hybridized carbons (Fsp3) is 0.750. The summed E-state index contributed by atoms with van der Waals surface area (Å²) in [6, 6.07) is 0. The van der Waals surface area contributed by atoms with Crippen LogP contribution in [0, 0.1) is 0 Å². The van der Waals surface area contributed by atoms with E-state index in [1.54, 1.807) is 0 Å². The van der Waals surface area contributed by atoms with E-state index in [0.29, 0.717) is 0 Å². The third-order valence-corrected chi connectivity index (χ3v) is 2.50. The standard InChI is InChI=1S/C8H14O6S3/c9-6(13-1-3-15)5(17)8(11,12)7(10)14-2-4-16/h5,11-12,15-17H,1-4H2. The van der Waals surface area contributed by atoms with E-state index in [0.717, 1.165) is 0 Å². The van der Waals surface area contributed by atoms with Gasteiger partial charge in [0.15, 0.2) is 5.25 Å². The van der Waals surface area contributed by atoms with Gasteiger partial charge in [-0.25, -0.2) is 4.79 Å². The summed E-state index contributed by atoms with van der Waals surface area (Å²) < 4.78 is 9.00. The minimum absolute atomic E-state index is 0.0270. The number of ether oxygens (including phenoxy) is 2. The summed E-state index contributed by atoms with van der Waals surface area (Å²) in [7, 11) is 0. The number of rotatable bonds is 7. The molecule has 0 aliphatic rings. The monoisotopic (exact) mass is 302 g/mol. The Hall–Kier alpha value is -0.0900.